The molecule has 1 aromatic heterocycles. The molecule has 23 heavy (non-hydrogen) atoms. The minimum Gasteiger partial charge on any atom is -0.497 e. The zero-order valence-electron chi connectivity index (χ0n) is 12.8. The second-order valence-corrected chi connectivity index (χ2v) is 5.17. The highest BCUT2D eigenvalue weighted by molar-refractivity contribution is 6.04. The average molecular weight is 314 g/mol. The molecule has 1 saturated heterocycles. The fourth-order valence-corrected chi connectivity index (χ4v) is 2.27. The number of aromatic nitrogens is 1. The Morgan fingerprint density at radius 1 is 1.30 bits per heavy atom. The van der Waals surface area contributed by atoms with Gasteiger partial charge in [0.25, 0.3) is 5.91 Å². The molecule has 0 spiro atoms. The molecule has 120 valence electrons. The van der Waals surface area contributed by atoms with E-state index in [1.807, 2.05) is 0 Å². The third-order valence-electron chi connectivity index (χ3n) is 3.52. The highest BCUT2D eigenvalue weighted by Gasteiger charge is 2.18. The molecule has 1 atom stereocenters. The molecule has 1 unspecified atom stereocenters. The van der Waals surface area contributed by atoms with Gasteiger partial charge in [0.15, 0.2) is 0 Å². The molecule has 1 N–H and O–H groups in total. The first-order valence-electron chi connectivity index (χ1n) is 7.40. The highest BCUT2D eigenvalue weighted by atomic mass is 16.5. The lowest BCUT2D eigenvalue weighted by Crippen LogP contribution is -2.17. The van der Waals surface area contributed by atoms with Gasteiger partial charge in [-0.2, -0.15) is 0 Å². The summed E-state index contributed by atoms with van der Waals surface area (Å²) in [7, 11) is 1.60. The summed E-state index contributed by atoms with van der Waals surface area (Å²) in [6.45, 7) is 1.26. The average Bonchev–Trinajstić information content (AvgIpc) is 3.09. The third kappa shape index (κ3) is 3.98. The van der Waals surface area contributed by atoms with Gasteiger partial charge >= 0.3 is 0 Å². The molecule has 1 amide bonds. The van der Waals surface area contributed by atoms with Crippen molar-refractivity contribution in [2.24, 2.45) is 0 Å². The topological polar surface area (TPSA) is 69.7 Å². The van der Waals surface area contributed by atoms with Crippen molar-refractivity contribution in [1.29, 1.82) is 0 Å². The number of carbonyl (C=O) groups is 1. The smallest absolute Gasteiger partial charge is 0.255 e. The van der Waals surface area contributed by atoms with Crippen LogP contribution in [0.15, 0.2) is 42.6 Å². The molecule has 6 nitrogen and oxygen atoms in total. The van der Waals surface area contributed by atoms with Crippen LogP contribution in [0.25, 0.3) is 0 Å². The molecule has 0 radical (unpaired) electrons. The molecule has 1 aromatic carbocycles. The molecule has 1 aliphatic heterocycles. The molecule has 6 heteroatoms. The van der Waals surface area contributed by atoms with E-state index in [0.717, 1.165) is 12.2 Å². The first-order valence-corrected chi connectivity index (χ1v) is 7.40. The van der Waals surface area contributed by atoms with Crippen molar-refractivity contribution < 1.29 is 19.0 Å². The molecular weight excluding hydrogens is 296 g/mol. The fourth-order valence-electron chi connectivity index (χ4n) is 2.27. The Bertz CT molecular complexity index is 667. The van der Waals surface area contributed by atoms with Crippen molar-refractivity contribution in [3.05, 3.63) is 48.2 Å². The number of anilines is 1. The van der Waals surface area contributed by atoms with Crippen molar-refractivity contribution in [2.45, 2.75) is 12.5 Å². The van der Waals surface area contributed by atoms with E-state index in [1.54, 1.807) is 49.7 Å². The normalized spacial score (nSPS) is 16.8. The number of rotatable bonds is 5. The van der Waals surface area contributed by atoms with Crippen molar-refractivity contribution in [3.63, 3.8) is 0 Å². The van der Waals surface area contributed by atoms with Crippen LogP contribution in [0, 0.1) is 0 Å². The van der Waals surface area contributed by atoms with E-state index in [2.05, 4.69) is 10.3 Å². The molecule has 1 aliphatic rings. The van der Waals surface area contributed by atoms with Gasteiger partial charge in [-0.1, -0.05) is 0 Å². The van der Waals surface area contributed by atoms with Crippen LogP contribution in [-0.2, 0) is 4.74 Å². The number of nitrogens with one attached hydrogen (secondary N) is 1. The van der Waals surface area contributed by atoms with Crippen molar-refractivity contribution in [2.75, 3.05) is 25.6 Å². The van der Waals surface area contributed by atoms with Crippen LogP contribution < -0.4 is 14.8 Å². The van der Waals surface area contributed by atoms with E-state index in [-0.39, 0.29) is 12.0 Å². The lowest BCUT2D eigenvalue weighted by atomic mass is 10.2. The Kier molecular flexibility index (Phi) is 4.73. The number of benzene rings is 1. The molecule has 1 fully saturated rings. The van der Waals surface area contributed by atoms with Gasteiger partial charge in [-0.05, 0) is 30.3 Å². The molecular formula is C17H18N2O4. The summed E-state index contributed by atoms with van der Waals surface area (Å²) < 4.78 is 16.1. The van der Waals surface area contributed by atoms with Gasteiger partial charge in [0.1, 0.15) is 11.9 Å². The zero-order chi connectivity index (χ0) is 16.1. The van der Waals surface area contributed by atoms with Crippen LogP contribution in [-0.4, -0.2) is 37.3 Å². The first kappa shape index (κ1) is 15.3. The Morgan fingerprint density at radius 3 is 2.83 bits per heavy atom. The van der Waals surface area contributed by atoms with Crippen LogP contribution in [0.1, 0.15) is 16.8 Å². The number of hydrogen-bond donors (Lipinski definition) is 1. The molecule has 2 heterocycles. The number of carbonyl (C=O) groups excluding carboxylic acids is 1. The minimum absolute atomic E-state index is 0.00222. The van der Waals surface area contributed by atoms with Crippen LogP contribution in [0.4, 0.5) is 5.69 Å². The standard InChI is InChI=1S/C17H18N2O4/c1-21-14-4-2-13(3-5-14)19-17(20)12-6-8-18-16(10-12)23-15-7-9-22-11-15/h2-6,8,10,15H,7,9,11H2,1H3,(H,19,20). The Hall–Kier alpha value is -2.60. The summed E-state index contributed by atoms with van der Waals surface area (Å²) in [6.07, 6.45) is 2.40. The largest absolute Gasteiger partial charge is 0.497 e. The number of nitrogens with zero attached hydrogens (tertiary/aromatic N) is 1. The van der Waals surface area contributed by atoms with E-state index in [9.17, 15) is 4.79 Å². The van der Waals surface area contributed by atoms with Gasteiger partial charge in [0, 0.05) is 29.9 Å². The second-order valence-electron chi connectivity index (χ2n) is 5.17. The van der Waals surface area contributed by atoms with E-state index < -0.39 is 0 Å². The van der Waals surface area contributed by atoms with Crippen molar-refractivity contribution in [3.8, 4) is 11.6 Å². The van der Waals surface area contributed by atoms with Crippen LogP contribution in [0.5, 0.6) is 11.6 Å². The fraction of sp³-hybridized carbons (Fsp3) is 0.294. The molecule has 2 aromatic rings. The number of pyridine rings is 1. The summed E-state index contributed by atoms with van der Waals surface area (Å²) in [5, 5.41) is 2.83. The lowest BCUT2D eigenvalue weighted by molar-refractivity contribution is 0.102. The maximum Gasteiger partial charge on any atom is 0.255 e. The van der Waals surface area contributed by atoms with Crippen LogP contribution in [0.3, 0.4) is 0 Å². The predicted octanol–water partition coefficient (Wildman–Crippen LogP) is 2.51. The van der Waals surface area contributed by atoms with Gasteiger partial charge in [0.05, 0.1) is 20.3 Å². The SMILES string of the molecule is COc1ccc(NC(=O)c2ccnc(OC3CCOC3)c2)cc1. The van der Waals surface area contributed by atoms with Gasteiger partial charge in [-0.25, -0.2) is 4.98 Å². The Labute approximate surface area is 134 Å². The maximum atomic E-state index is 12.3. The number of methoxy groups -OCH3 is 1. The van der Waals surface area contributed by atoms with E-state index in [4.69, 9.17) is 14.2 Å². The summed E-state index contributed by atoms with van der Waals surface area (Å²) in [5.74, 6) is 0.953. The van der Waals surface area contributed by atoms with Crippen molar-refractivity contribution >= 4 is 11.6 Å². The maximum absolute atomic E-state index is 12.3. The Balaban J connectivity index is 1.66. The molecule has 0 saturated carbocycles. The highest BCUT2D eigenvalue weighted by Crippen LogP contribution is 2.18. The van der Waals surface area contributed by atoms with Crippen molar-refractivity contribution in [1.82, 2.24) is 4.98 Å². The predicted molar refractivity (Wildman–Crippen MR) is 85.0 cm³/mol. The molecule has 0 aliphatic carbocycles. The van der Waals surface area contributed by atoms with Crippen LogP contribution >= 0.6 is 0 Å². The Morgan fingerprint density at radius 2 is 2.13 bits per heavy atom. The monoisotopic (exact) mass is 314 g/mol. The van der Waals surface area contributed by atoms with Crippen LogP contribution in [0.2, 0.25) is 0 Å². The molecule has 0 bridgehead atoms. The minimum atomic E-state index is -0.218. The number of hydrogen-bond acceptors (Lipinski definition) is 5. The number of ether oxygens (including phenoxy) is 3. The van der Waals surface area contributed by atoms with Gasteiger partial charge in [0.2, 0.25) is 5.88 Å². The van der Waals surface area contributed by atoms with Gasteiger partial charge < -0.3 is 19.5 Å². The van der Waals surface area contributed by atoms with E-state index >= 15 is 0 Å². The summed E-state index contributed by atoms with van der Waals surface area (Å²) in [6, 6.07) is 10.4. The third-order valence-corrected chi connectivity index (χ3v) is 3.52. The lowest BCUT2D eigenvalue weighted by Gasteiger charge is -2.11. The summed E-state index contributed by atoms with van der Waals surface area (Å²) in [4.78, 5) is 16.4. The van der Waals surface area contributed by atoms with E-state index in [1.165, 1.54) is 0 Å². The molecule has 3 rings (SSSR count). The summed E-state index contributed by atoms with van der Waals surface area (Å²) in [5.41, 5.74) is 1.18. The van der Waals surface area contributed by atoms with Gasteiger partial charge in [-0.3, -0.25) is 4.79 Å². The second kappa shape index (κ2) is 7.11. The van der Waals surface area contributed by atoms with Gasteiger partial charge in [-0.15, -0.1) is 0 Å². The first-order chi connectivity index (χ1) is 11.2. The zero-order valence-corrected chi connectivity index (χ0v) is 12.8. The van der Waals surface area contributed by atoms with E-state index in [0.29, 0.717) is 30.3 Å². The quantitative estimate of drug-likeness (QED) is 0.918. The summed E-state index contributed by atoms with van der Waals surface area (Å²) >= 11 is 0. The number of amides is 1.